The smallest absolute Gasteiger partial charge is 0.416 e. The van der Waals surface area contributed by atoms with E-state index in [1.54, 1.807) is 32.9 Å². The van der Waals surface area contributed by atoms with Crippen LogP contribution in [0.25, 0.3) is 0 Å². The molecule has 0 spiro atoms. The van der Waals surface area contributed by atoms with Crippen molar-refractivity contribution < 1.29 is 37.0 Å². The fourth-order valence-corrected chi connectivity index (χ4v) is 4.49. The number of amides is 2. The molecule has 39 heavy (non-hydrogen) atoms. The average molecular weight is 554 g/mol. The number of benzene rings is 2. The highest BCUT2D eigenvalue weighted by Gasteiger charge is 2.46. The minimum atomic E-state index is -4.70. The molecule has 2 aromatic rings. The first kappa shape index (κ1) is 30.4. The first-order valence-electron chi connectivity index (χ1n) is 12.7. The number of aliphatic hydroxyl groups excluding tert-OH is 1. The fourth-order valence-electron chi connectivity index (χ4n) is 4.49. The summed E-state index contributed by atoms with van der Waals surface area (Å²) in [6.07, 6.45) is -7.33. The molecule has 0 aromatic heterocycles. The van der Waals surface area contributed by atoms with E-state index in [9.17, 15) is 32.3 Å². The number of hydrogen-bond donors (Lipinski definition) is 3. The van der Waals surface area contributed by atoms with Gasteiger partial charge in [-0.1, -0.05) is 50.2 Å². The van der Waals surface area contributed by atoms with Crippen LogP contribution in [-0.2, 0) is 28.7 Å². The standard InChI is InChI=1S/C28H35F4N3O4/c1-16(2)24-34-22(25(37)35(24)15-18-11-12-19(14-20(18)29)28(30,31)32)23(36)21(13-17-9-7-6-8-10-17)33-26(38)39-27(3,4)5/h6-12,14,16,21-24,34,36H,13,15H2,1-5H3,(H,33,38)/t21-,22-,23+,24?/m0/s1. The van der Waals surface area contributed by atoms with E-state index in [1.165, 1.54) is 4.90 Å². The normalized spacial score (nSPS) is 19.8. The van der Waals surface area contributed by atoms with Crippen molar-refractivity contribution in [2.24, 2.45) is 5.92 Å². The van der Waals surface area contributed by atoms with Crippen LogP contribution in [0.1, 0.15) is 51.3 Å². The number of halogens is 4. The molecule has 1 aliphatic rings. The van der Waals surface area contributed by atoms with Gasteiger partial charge in [0, 0.05) is 5.56 Å². The van der Waals surface area contributed by atoms with E-state index >= 15 is 0 Å². The molecule has 1 heterocycles. The molecule has 2 aromatic carbocycles. The number of ether oxygens (including phenoxy) is 1. The first-order valence-corrected chi connectivity index (χ1v) is 12.7. The molecule has 1 fully saturated rings. The molecule has 0 radical (unpaired) electrons. The van der Waals surface area contributed by atoms with Crippen molar-refractivity contribution in [2.75, 3.05) is 0 Å². The molecule has 3 N–H and O–H groups in total. The summed E-state index contributed by atoms with van der Waals surface area (Å²) in [5.41, 5.74) is -1.21. The Balaban J connectivity index is 1.86. The average Bonchev–Trinajstić information content (AvgIpc) is 3.14. The van der Waals surface area contributed by atoms with Gasteiger partial charge in [0.15, 0.2) is 0 Å². The van der Waals surface area contributed by atoms with Crippen LogP contribution in [0.4, 0.5) is 22.4 Å². The van der Waals surface area contributed by atoms with Crippen molar-refractivity contribution in [1.82, 2.24) is 15.5 Å². The zero-order valence-corrected chi connectivity index (χ0v) is 22.6. The van der Waals surface area contributed by atoms with Crippen LogP contribution >= 0.6 is 0 Å². The lowest BCUT2D eigenvalue weighted by Gasteiger charge is -2.29. The van der Waals surface area contributed by atoms with Gasteiger partial charge in [-0.05, 0) is 50.8 Å². The minimum Gasteiger partial charge on any atom is -0.444 e. The molecular weight excluding hydrogens is 518 g/mol. The second kappa shape index (κ2) is 11.9. The highest BCUT2D eigenvalue weighted by molar-refractivity contribution is 5.85. The Hall–Kier alpha value is -3.18. The van der Waals surface area contributed by atoms with Gasteiger partial charge in [-0.2, -0.15) is 13.2 Å². The van der Waals surface area contributed by atoms with E-state index in [-0.39, 0.29) is 24.4 Å². The van der Waals surface area contributed by atoms with E-state index in [4.69, 9.17) is 4.74 Å². The van der Waals surface area contributed by atoms with Crippen molar-refractivity contribution in [3.8, 4) is 0 Å². The summed E-state index contributed by atoms with van der Waals surface area (Å²) in [4.78, 5) is 27.4. The van der Waals surface area contributed by atoms with Crippen LogP contribution < -0.4 is 10.6 Å². The van der Waals surface area contributed by atoms with E-state index in [1.807, 2.05) is 32.0 Å². The predicted octanol–water partition coefficient (Wildman–Crippen LogP) is 4.62. The van der Waals surface area contributed by atoms with Gasteiger partial charge in [0.25, 0.3) is 0 Å². The van der Waals surface area contributed by atoms with E-state index in [2.05, 4.69) is 10.6 Å². The SMILES string of the molecule is CC(C)C1N[C@@H]([C@H](O)[C@H](Cc2ccccc2)NC(=O)OC(C)(C)C)C(=O)N1Cc1ccc(C(F)(F)F)cc1F. The van der Waals surface area contributed by atoms with Gasteiger partial charge in [0.05, 0.1) is 30.4 Å². The van der Waals surface area contributed by atoms with Gasteiger partial charge in [-0.25, -0.2) is 9.18 Å². The molecule has 0 bridgehead atoms. The third-order valence-corrected chi connectivity index (χ3v) is 6.34. The number of nitrogens with zero attached hydrogens (tertiary/aromatic N) is 1. The Morgan fingerprint density at radius 1 is 1.13 bits per heavy atom. The second-order valence-electron chi connectivity index (χ2n) is 11.0. The van der Waals surface area contributed by atoms with Crippen molar-refractivity contribution in [3.63, 3.8) is 0 Å². The summed E-state index contributed by atoms with van der Waals surface area (Å²) in [7, 11) is 0. The van der Waals surface area contributed by atoms with Gasteiger partial charge < -0.3 is 20.1 Å². The zero-order chi connectivity index (χ0) is 29.1. The molecule has 214 valence electrons. The molecule has 2 amide bonds. The van der Waals surface area contributed by atoms with E-state index in [0.29, 0.717) is 6.07 Å². The highest BCUT2D eigenvalue weighted by Crippen LogP contribution is 2.31. The Morgan fingerprint density at radius 2 is 1.77 bits per heavy atom. The summed E-state index contributed by atoms with van der Waals surface area (Å²) in [6.45, 7) is 8.42. The molecule has 1 unspecified atom stereocenters. The molecular formula is C28H35F4N3O4. The summed E-state index contributed by atoms with van der Waals surface area (Å²) in [5.74, 6) is -1.84. The lowest BCUT2D eigenvalue weighted by molar-refractivity contribution is -0.138. The maximum Gasteiger partial charge on any atom is 0.416 e. The lowest BCUT2D eigenvalue weighted by atomic mass is 9.96. The predicted molar refractivity (Wildman–Crippen MR) is 137 cm³/mol. The number of nitrogens with one attached hydrogen (secondary N) is 2. The number of carbonyl (C=O) groups is 2. The molecule has 11 heteroatoms. The first-order chi connectivity index (χ1) is 18.1. The van der Waals surface area contributed by atoms with Gasteiger partial charge in [0.1, 0.15) is 17.5 Å². The summed E-state index contributed by atoms with van der Waals surface area (Å²) >= 11 is 0. The van der Waals surface area contributed by atoms with Crippen molar-refractivity contribution in [3.05, 3.63) is 71.0 Å². The number of alkyl carbamates (subject to hydrolysis) is 1. The maximum atomic E-state index is 14.6. The molecule has 7 nitrogen and oxygen atoms in total. The Bertz CT molecular complexity index is 1150. The van der Waals surface area contributed by atoms with Crippen LogP contribution in [0.2, 0.25) is 0 Å². The monoisotopic (exact) mass is 553 g/mol. The number of carbonyl (C=O) groups excluding carboxylic acids is 2. The van der Waals surface area contributed by atoms with E-state index < -0.39 is 59.5 Å². The Labute approximate surface area is 225 Å². The third-order valence-electron chi connectivity index (χ3n) is 6.34. The van der Waals surface area contributed by atoms with Crippen LogP contribution in [-0.4, -0.2) is 52.0 Å². The molecule has 4 atom stereocenters. The third kappa shape index (κ3) is 7.92. The number of aliphatic hydroxyl groups is 1. The van der Waals surface area contributed by atoms with E-state index in [0.717, 1.165) is 17.7 Å². The summed E-state index contributed by atoms with van der Waals surface area (Å²) in [6, 6.07) is 9.15. The van der Waals surface area contributed by atoms with Gasteiger partial charge in [0.2, 0.25) is 5.91 Å². The fraction of sp³-hybridized carbons (Fsp3) is 0.500. The molecule has 0 saturated carbocycles. The Morgan fingerprint density at radius 3 is 2.31 bits per heavy atom. The molecule has 1 saturated heterocycles. The summed E-state index contributed by atoms with van der Waals surface area (Å²) in [5, 5.41) is 17.1. The van der Waals surface area contributed by atoms with Gasteiger partial charge >= 0.3 is 12.3 Å². The number of hydrogen-bond acceptors (Lipinski definition) is 5. The quantitative estimate of drug-likeness (QED) is 0.415. The number of rotatable bonds is 8. The van der Waals surface area contributed by atoms with Crippen molar-refractivity contribution >= 4 is 12.0 Å². The largest absolute Gasteiger partial charge is 0.444 e. The topological polar surface area (TPSA) is 90.9 Å². The molecule has 1 aliphatic heterocycles. The molecule has 0 aliphatic carbocycles. The zero-order valence-electron chi connectivity index (χ0n) is 22.6. The lowest BCUT2D eigenvalue weighted by Crippen LogP contribution is -2.55. The van der Waals surface area contributed by atoms with Crippen LogP contribution in [0, 0.1) is 11.7 Å². The van der Waals surface area contributed by atoms with Crippen molar-refractivity contribution in [1.29, 1.82) is 0 Å². The minimum absolute atomic E-state index is 0.0911. The van der Waals surface area contributed by atoms with Crippen LogP contribution in [0.3, 0.4) is 0 Å². The maximum absolute atomic E-state index is 14.6. The molecule has 3 rings (SSSR count). The van der Waals surface area contributed by atoms with Gasteiger partial charge in [-0.3, -0.25) is 10.1 Å². The van der Waals surface area contributed by atoms with Gasteiger partial charge in [-0.15, -0.1) is 0 Å². The summed E-state index contributed by atoms with van der Waals surface area (Å²) < 4.78 is 58.9. The Kier molecular flexibility index (Phi) is 9.27. The highest BCUT2D eigenvalue weighted by atomic mass is 19.4. The second-order valence-corrected chi connectivity index (χ2v) is 11.0. The van der Waals surface area contributed by atoms with Crippen LogP contribution in [0.15, 0.2) is 48.5 Å². The van der Waals surface area contributed by atoms with Crippen LogP contribution in [0.5, 0.6) is 0 Å². The van der Waals surface area contributed by atoms with Crippen molar-refractivity contribution in [2.45, 2.75) is 83.7 Å². The number of alkyl halides is 3.